The standard InChI is InChI=1S/C12H16O4S/c1-17(14,15)8-12(13)9-2-4-10(5-3-9)16-11-6-7-11/h2-5,11-13H,6-8H2,1H3. The third-order valence-electron chi connectivity index (χ3n) is 2.55. The number of hydrogen-bond donors (Lipinski definition) is 1. The maximum atomic E-state index is 11.1. The zero-order valence-electron chi connectivity index (χ0n) is 9.67. The fourth-order valence-corrected chi connectivity index (χ4v) is 2.30. The predicted octanol–water partition coefficient (Wildman–Crippen LogP) is 1.31. The monoisotopic (exact) mass is 256 g/mol. The highest BCUT2D eigenvalue weighted by Gasteiger charge is 2.23. The lowest BCUT2D eigenvalue weighted by Crippen LogP contribution is -2.12. The highest BCUT2D eigenvalue weighted by Crippen LogP contribution is 2.27. The van der Waals surface area contributed by atoms with Crippen LogP contribution in [-0.4, -0.2) is 31.6 Å². The van der Waals surface area contributed by atoms with E-state index < -0.39 is 15.9 Å². The molecule has 0 amide bonds. The molecule has 94 valence electrons. The number of aliphatic hydroxyl groups excluding tert-OH is 1. The molecule has 0 aromatic heterocycles. The number of aliphatic hydroxyl groups is 1. The van der Waals surface area contributed by atoms with Gasteiger partial charge in [0, 0.05) is 6.26 Å². The summed E-state index contributed by atoms with van der Waals surface area (Å²) in [6.45, 7) is 0. The third-order valence-corrected chi connectivity index (χ3v) is 3.47. The highest BCUT2D eigenvalue weighted by atomic mass is 32.2. The van der Waals surface area contributed by atoms with Gasteiger partial charge >= 0.3 is 0 Å². The Balaban J connectivity index is 2.00. The molecule has 2 rings (SSSR count). The van der Waals surface area contributed by atoms with Gasteiger partial charge in [0.25, 0.3) is 0 Å². The molecule has 4 nitrogen and oxygen atoms in total. The Bertz CT molecular complexity index is 474. The van der Waals surface area contributed by atoms with Gasteiger partial charge in [0.1, 0.15) is 15.6 Å². The molecule has 1 unspecified atom stereocenters. The van der Waals surface area contributed by atoms with E-state index in [1.807, 2.05) is 0 Å². The Labute approximate surface area is 101 Å². The van der Waals surface area contributed by atoms with Crippen molar-refractivity contribution in [1.29, 1.82) is 0 Å². The number of sulfone groups is 1. The van der Waals surface area contributed by atoms with Crippen molar-refractivity contribution in [3.05, 3.63) is 29.8 Å². The molecule has 1 atom stereocenters. The highest BCUT2D eigenvalue weighted by molar-refractivity contribution is 7.90. The van der Waals surface area contributed by atoms with Crippen molar-refractivity contribution < 1.29 is 18.3 Å². The van der Waals surface area contributed by atoms with E-state index in [0.717, 1.165) is 24.8 Å². The van der Waals surface area contributed by atoms with Crippen molar-refractivity contribution in [1.82, 2.24) is 0 Å². The molecule has 0 saturated heterocycles. The van der Waals surface area contributed by atoms with Crippen LogP contribution in [0.3, 0.4) is 0 Å². The minimum atomic E-state index is -3.17. The molecule has 0 radical (unpaired) electrons. The van der Waals surface area contributed by atoms with Crippen molar-refractivity contribution >= 4 is 9.84 Å². The summed E-state index contributed by atoms with van der Waals surface area (Å²) in [7, 11) is -3.17. The number of hydrogen-bond acceptors (Lipinski definition) is 4. The predicted molar refractivity (Wildman–Crippen MR) is 64.8 cm³/mol. The van der Waals surface area contributed by atoms with E-state index in [9.17, 15) is 13.5 Å². The van der Waals surface area contributed by atoms with Crippen LogP contribution in [0.15, 0.2) is 24.3 Å². The largest absolute Gasteiger partial charge is 0.490 e. The Kier molecular flexibility index (Phi) is 3.40. The minimum absolute atomic E-state index is 0.254. The number of ether oxygens (including phenoxy) is 1. The van der Waals surface area contributed by atoms with Crippen LogP contribution in [0.4, 0.5) is 0 Å². The van der Waals surface area contributed by atoms with Gasteiger partial charge in [0.15, 0.2) is 0 Å². The second kappa shape index (κ2) is 4.66. The van der Waals surface area contributed by atoms with E-state index in [1.165, 1.54) is 0 Å². The van der Waals surface area contributed by atoms with E-state index in [4.69, 9.17) is 4.74 Å². The molecule has 0 bridgehead atoms. The second-order valence-corrected chi connectivity index (χ2v) is 6.68. The quantitative estimate of drug-likeness (QED) is 0.862. The molecule has 0 heterocycles. The Hall–Kier alpha value is -1.07. The molecular formula is C12H16O4S. The first kappa shape index (κ1) is 12.4. The van der Waals surface area contributed by atoms with Gasteiger partial charge < -0.3 is 9.84 Å². The zero-order valence-corrected chi connectivity index (χ0v) is 10.5. The van der Waals surface area contributed by atoms with E-state index >= 15 is 0 Å². The fourth-order valence-electron chi connectivity index (χ4n) is 1.53. The van der Waals surface area contributed by atoms with Gasteiger partial charge in [-0.3, -0.25) is 0 Å². The summed E-state index contributed by atoms with van der Waals surface area (Å²) in [5, 5.41) is 9.72. The normalized spacial score (nSPS) is 17.8. The molecule has 17 heavy (non-hydrogen) atoms. The van der Waals surface area contributed by atoms with Crippen LogP contribution >= 0.6 is 0 Å². The summed E-state index contributed by atoms with van der Waals surface area (Å²) in [5.74, 6) is 0.512. The van der Waals surface area contributed by atoms with Crippen LogP contribution in [0.5, 0.6) is 5.75 Å². The average molecular weight is 256 g/mol. The van der Waals surface area contributed by atoms with E-state index in [1.54, 1.807) is 24.3 Å². The van der Waals surface area contributed by atoms with Crippen molar-refractivity contribution in [2.45, 2.75) is 25.0 Å². The van der Waals surface area contributed by atoms with Gasteiger partial charge in [-0.2, -0.15) is 0 Å². The van der Waals surface area contributed by atoms with Gasteiger partial charge in [-0.05, 0) is 30.5 Å². The summed E-state index contributed by atoms with van der Waals surface area (Å²) in [6, 6.07) is 6.93. The van der Waals surface area contributed by atoms with Gasteiger partial charge in [0.2, 0.25) is 0 Å². The van der Waals surface area contributed by atoms with E-state index in [-0.39, 0.29) is 5.75 Å². The third kappa shape index (κ3) is 4.02. The van der Waals surface area contributed by atoms with Gasteiger partial charge in [-0.1, -0.05) is 12.1 Å². The Morgan fingerprint density at radius 3 is 2.41 bits per heavy atom. The van der Waals surface area contributed by atoms with Crippen LogP contribution in [0.1, 0.15) is 24.5 Å². The molecule has 5 heteroatoms. The van der Waals surface area contributed by atoms with Crippen molar-refractivity contribution in [2.75, 3.05) is 12.0 Å². The fraction of sp³-hybridized carbons (Fsp3) is 0.500. The smallest absolute Gasteiger partial charge is 0.150 e. The summed E-state index contributed by atoms with van der Waals surface area (Å²) in [5.41, 5.74) is 0.596. The van der Waals surface area contributed by atoms with Crippen molar-refractivity contribution in [3.8, 4) is 5.75 Å². The molecular weight excluding hydrogens is 240 g/mol. The lowest BCUT2D eigenvalue weighted by atomic mass is 10.1. The van der Waals surface area contributed by atoms with E-state index in [2.05, 4.69) is 0 Å². The lowest BCUT2D eigenvalue weighted by molar-refractivity contribution is 0.201. The summed E-state index contributed by atoms with van der Waals surface area (Å²) < 4.78 is 27.7. The first-order valence-electron chi connectivity index (χ1n) is 5.56. The van der Waals surface area contributed by atoms with Gasteiger partial charge in [-0.15, -0.1) is 0 Å². The second-order valence-electron chi connectivity index (χ2n) is 4.49. The van der Waals surface area contributed by atoms with Gasteiger partial charge in [-0.25, -0.2) is 8.42 Å². The van der Waals surface area contributed by atoms with Crippen molar-refractivity contribution in [2.24, 2.45) is 0 Å². The van der Waals surface area contributed by atoms with Crippen LogP contribution in [0.2, 0.25) is 0 Å². The number of benzene rings is 1. The van der Waals surface area contributed by atoms with Crippen LogP contribution < -0.4 is 4.74 Å². The maximum absolute atomic E-state index is 11.1. The molecule has 0 aliphatic heterocycles. The molecule has 1 aromatic rings. The van der Waals surface area contributed by atoms with Crippen molar-refractivity contribution in [3.63, 3.8) is 0 Å². The first-order valence-corrected chi connectivity index (χ1v) is 7.62. The molecule has 1 N–H and O–H groups in total. The SMILES string of the molecule is CS(=O)(=O)CC(O)c1ccc(OC2CC2)cc1. The molecule has 1 fully saturated rings. The van der Waals surface area contributed by atoms with Crippen LogP contribution in [0.25, 0.3) is 0 Å². The van der Waals surface area contributed by atoms with Gasteiger partial charge in [0.05, 0.1) is 18.0 Å². The minimum Gasteiger partial charge on any atom is -0.490 e. The molecule has 1 saturated carbocycles. The van der Waals surface area contributed by atoms with Crippen LogP contribution in [-0.2, 0) is 9.84 Å². The number of rotatable bonds is 5. The average Bonchev–Trinajstić information content (AvgIpc) is 3.00. The first-order chi connectivity index (χ1) is 7.94. The summed E-state index contributed by atoms with van der Waals surface area (Å²) >= 11 is 0. The summed E-state index contributed by atoms with van der Waals surface area (Å²) in [4.78, 5) is 0. The molecule has 1 aliphatic carbocycles. The molecule has 1 aliphatic rings. The summed E-state index contributed by atoms with van der Waals surface area (Å²) in [6.07, 6.45) is 2.67. The van der Waals surface area contributed by atoms with Crippen LogP contribution in [0, 0.1) is 0 Å². The Morgan fingerprint density at radius 2 is 1.94 bits per heavy atom. The zero-order chi connectivity index (χ0) is 12.5. The topological polar surface area (TPSA) is 63.6 Å². The maximum Gasteiger partial charge on any atom is 0.150 e. The lowest BCUT2D eigenvalue weighted by Gasteiger charge is -2.10. The molecule has 0 spiro atoms. The Morgan fingerprint density at radius 1 is 1.35 bits per heavy atom. The van der Waals surface area contributed by atoms with E-state index in [0.29, 0.717) is 11.7 Å². The molecule has 1 aromatic carbocycles.